The number of hydrogen-bond acceptors (Lipinski definition) is 2. The average molecular weight is 158 g/mol. The van der Waals surface area contributed by atoms with Crippen LogP contribution in [0.25, 0.3) is 0 Å². The third-order valence-corrected chi connectivity index (χ3v) is 2.82. The topological polar surface area (TPSA) is 29.5 Å². The van der Waals surface area contributed by atoms with Crippen LogP contribution in [0.1, 0.15) is 33.1 Å². The molecule has 0 radical (unpaired) electrons. The van der Waals surface area contributed by atoms with Crippen LogP contribution in [-0.2, 0) is 4.74 Å². The largest absolute Gasteiger partial charge is 0.396 e. The van der Waals surface area contributed by atoms with E-state index >= 15 is 0 Å². The van der Waals surface area contributed by atoms with Crippen LogP contribution in [-0.4, -0.2) is 24.4 Å². The first kappa shape index (κ1) is 9.01. The van der Waals surface area contributed by atoms with Crippen LogP contribution in [0.4, 0.5) is 0 Å². The summed E-state index contributed by atoms with van der Waals surface area (Å²) in [5.74, 6) is 0. The monoisotopic (exact) mass is 158 g/mol. The van der Waals surface area contributed by atoms with Crippen molar-refractivity contribution in [3.05, 3.63) is 0 Å². The summed E-state index contributed by atoms with van der Waals surface area (Å²) < 4.78 is 5.43. The molecule has 2 nitrogen and oxygen atoms in total. The van der Waals surface area contributed by atoms with Crippen LogP contribution in [0.15, 0.2) is 0 Å². The van der Waals surface area contributed by atoms with Crippen molar-refractivity contribution < 1.29 is 9.84 Å². The van der Waals surface area contributed by atoms with E-state index in [-0.39, 0.29) is 0 Å². The van der Waals surface area contributed by atoms with Crippen molar-refractivity contribution in [2.24, 2.45) is 5.41 Å². The zero-order valence-corrected chi connectivity index (χ0v) is 7.47. The molecule has 11 heavy (non-hydrogen) atoms. The number of ether oxygens (including phenoxy) is 1. The van der Waals surface area contributed by atoms with Gasteiger partial charge in [0.05, 0.1) is 12.7 Å². The van der Waals surface area contributed by atoms with Crippen molar-refractivity contribution in [3.63, 3.8) is 0 Å². The molecule has 0 bridgehead atoms. The summed E-state index contributed by atoms with van der Waals surface area (Å²) in [6.07, 6.45) is 3.48. The minimum absolute atomic E-state index is 0.291. The maximum atomic E-state index is 8.62. The summed E-state index contributed by atoms with van der Waals surface area (Å²) in [5, 5.41) is 8.62. The number of rotatable bonds is 4. The lowest BCUT2D eigenvalue weighted by Gasteiger charge is -2.46. The first-order valence-corrected chi connectivity index (χ1v) is 4.45. The molecular formula is C9H18O2. The molecule has 1 rings (SSSR count). The molecule has 0 saturated carbocycles. The Balaban J connectivity index is 2.25. The van der Waals surface area contributed by atoms with Gasteiger partial charge in [-0.05, 0) is 19.3 Å². The van der Waals surface area contributed by atoms with Gasteiger partial charge in [0.1, 0.15) is 0 Å². The lowest BCUT2D eigenvalue weighted by molar-refractivity contribution is -0.182. The maximum absolute atomic E-state index is 8.62. The van der Waals surface area contributed by atoms with Gasteiger partial charge in [0, 0.05) is 12.0 Å². The highest BCUT2D eigenvalue weighted by Gasteiger charge is 2.41. The third-order valence-electron chi connectivity index (χ3n) is 2.82. The van der Waals surface area contributed by atoms with Crippen molar-refractivity contribution in [2.45, 2.75) is 39.2 Å². The Kier molecular flexibility index (Phi) is 2.90. The van der Waals surface area contributed by atoms with E-state index in [1.54, 1.807) is 0 Å². The molecule has 1 aliphatic heterocycles. The van der Waals surface area contributed by atoms with Gasteiger partial charge in [-0.1, -0.05) is 13.8 Å². The highest BCUT2D eigenvalue weighted by Crippen LogP contribution is 2.39. The Morgan fingerprint density at radius 2 is 2.36 bits per heavy atom. The number of aliphatic hydroxyl groups excluding tert-OH is 1. The second-order valence-corrected chi connectivity index (χ2v) is 3.67. The molecule has 1 fully saturated rings. The van der Waals surface area contributed by atoms with Gasteiger partial charge in [0.15, 0.2) is 0 Å². The number of hydrogen-bond donors (Lipinski definition) is 1. The van der Waals surface area contributed by atoms with Gasteiger partial charge in [0.2, 0.25) is 0 Å². The SMILES string of the molecule is CCC1(C)COC1CCCO. The fraction of sp³-hybridized carbons (Fsp3) is 1.00. The summed E-state index contributed by atoms with van der Waals surface area (Å²) in [4.78, 5) is 0. The molecule has 1 saturated heterocycles. The van der Waals surface area contributed by atoms with Gasteiger partial charge in [0.25, 0.3) is 0 Å². The fourth-order valence-corrected chi connectivity index (χ4v) is 1.52. The van der Waals surface area contributed by atoms with Gasteiger partial charge in [-0.25, -0.2) is 0 Å². The molecular weight excluding hydrogens is 140 g/mol. The van der Waals surface area contributed by atoms with E-state index in [0.29, 0.717) is 18.1 Å². The Bertz CT molecular complexity index is 121. The van der Waals surface area contributed by atoms with Gasteiger partial charge in [-0.15, -0.1) is 0 Å². The van der Waals surface area contributed by atoms with Crippen LogP contribution >= 0.6 is 0 Å². The minimum atomic E-state index is 0.291. The van der Waals surface area contributed by atoms with E-state index in [1.165, 1.54) is 6.42 Å². The summed E-state index contributed by atoms with van der Waals surface area (Å²) in [5.41, 5.74) is 0.398. The molecule has 1 aliphatic rings. The van der Waals surface area contributed by atoms with Crippen LogP contribution in [0.5, 0.6) is 0 Å². The Hall–Kier alpha value is -0.0800. The molecule has 0 aromatic heterocycles. The minimum Gasteiger partial charge on any atom is -0.396 e. The second kappa shape index (κ2) is 3.55. The molecule has 0 spiro atoms. The van der Waals surface area contributed by atoms with E-state index in [4.69, 9.17) is 9.84 Å². The van der Waals surface area contributed by atoms with E-state index < -0.39 is 0 Å². The van der Waals surface area contributed by atoms with Gasteiger partial charge < -0.3 is 9.84 Å². The highest BCUT2D eigenvalue weighted by molar-refractivity contribution is 4.89. The Labute approximate surface area is 68.6 Å². The van der Waals surface area contributed by atoms with Crippen molar-refractivity contribution in [3.8, 4) is 0 Å². The molecule has 2 atom stereocenters. The molecule has 2 unspecified atom stereocenters. The van der Waals surface area contributed by atoms with E-state index in [2.05, 4.69) is 13.8 Å². The van der Waals surface area contributed by atoms with Crippen molar-refractivity contribution >= 4 is 0 Å². The van der Waals surface area contributed by atoms with Crippen LogP contribution < -0.4 is 0 Å². The molecule has 0 amide bonds. The zero-order chi connectivity index (χ0) is 8.32. The smallest absolute Gasteiger partial charge is 0.0651 e. The third kappa shape index (κ3) is 1.74. The predicted octanol–water partition coefficient (Wildman–Crippen LogP) is 1.57. The molecule has 2 heteroatoms. The molecule has 1 N–H and O–H groups in total. The zero-order valence-electron chi connectivity index (χ0n) is 7.47. The highest BCUT2D eigenvalue weighted by atomic mass is 16.5. The standard InChI is InChI=1S/C9H18O2/c1-3-9(2)7-11-8(9)5-4-6-10/h8,10H,3-7H2,1-2H3. The predicted molar refractivity (Wildman–Crippen MR) is 44.5 cm³/mol. The van der Waals surface area contributed by atoms with Gasteiger partial charge in [-0.2, -0.15) is 0 Å². The lowest BCUT2D eigenvalue weighted by Crippen LogP contribution is -2.49. The average Bonchev–Trinajstić information content (AvgIpc) is 2.02. The normalized spacial score (nSPS) is 36.8. The van der Waals surface area contributed by atoms with Crippen molar-refractivity contribution in [2.75, 3.05) is 13.2 Å². The van der Waals surface area contributed by atoms with E-state index in [0.717, 1.165) is 19.4 Å². The van der Waals surface area contributed by atoms with Crippen LogP contribution in [0, 0.1) is 5.41 Å². The summed E-state index contributed by atoms with van der Waals surface area (Å²) in [6, 6.07) is 0. The molecule has 1 heterocycles. The number of aliphatic hydroxyl groups is 1. The fourth-order valence-electron chi connectivity index (χ4n) is 1.52. The van der Waals surface area contributed by atoms with Crippen LogP contribution in [0.3, 0.4) is 0 Å². The Morgan fingerprint density at radius 1 is 1.64 bits per heavy atom. The summed E-state index contributed by atoms with van der Waals surface area (Å²) >= 11 is 0. The van der Waals surface area contributed by atoms with Gasteiger partial charge >= 0.3 is 0 Å². The van der Waals surface area contributed by atoms with Crippen LogP contribution in [0.2, 0.25) is 0 Å². The molecule has 66 valence electrons. The maximum Gasteiger partial charge on any atom is 0.0651 e. The van der Waals surface area contributed by atoms with Crippen molar-refractivity contribution in [1.29, 1.82) is 0 Å². The molecule has 0 aromatic carbocycles. The molecule has 0 aromatic rings. The summed E-state index contributed by atoms with van der Waals surface area (Å²) in [7, 11) is 0. The van der Waals surface area contributed by atoms with Gasteiger partial charge in [-0.3, -0.25) is 0 Å². The first-order valence-electron chi connectivity index (χ1n) is 4.45. The first-order chi connectivity index (χ1) is 5.23. The van der Waals surface area contributed by atoms with E-state index in [9.17, 15) is 0 Å². The van der Waals surface area contributed by atoms with E-state index in [1.807, 2.05) is 0 Å². The second-order valence-electron chi connectivity index (χ2n) is 3.67. The van der Waals surface area contributed by atoms with Crippen molar-refractivity contribution in [1.82, 2.24) is 0 Å². The summed E-state index contributed by atoms with van der Waals surface area (Å²) in [6.45, 7) is 5.66. The Morgan fingerprint density at radius 3 is 2.73 bits per heavy atom. The lowest BCUT2D eigenvalue weighted by atomic mass is 9.76. The molecule has 0 aliphatic carbocycles. The quantitative estimate of drug-likeness (QED) is 0.673.